The van der Waals surface area contributed by atoms with E-state index < -0.39 is 0 Å². The Balaban J connectivity index is 2.12. The van der Waals surface area contributed by atoms with Crippen LogP contribution < -0.4 is 11.5 Å². The molecule has 1 atom stereocenters. The predicted molar refractivity (Wildman–Crippen MR) is 75.6 cm³/mol. The largest absolute Gasteiger partial charge is 0.369 e. The highest BCUT2D eigenvalue weighted by molar-refractivity contribution is 5.95. The number of hydrogen-bond acceptors (Lipinski definition) is 3. The smallest absolute Gasteiger partial charge is 0.253 e. The Kier molecular flexibility index (Phi) is 4.38. The number of carbonyl (C=O) groups is 2. The standard InChI is InChI=1S/C15H17N3O2/c16-7-2-4-11-3-1-5-12(9-11)15(20)18-8-6-13(10-18)14(17)19/h1,3,5,9,13H,6-8,10,16H2,(H2,17,19). The maximum absolute atomic E-state index is 12.3. The molecule has 5 heteroatoms. The molecule has 0 saturated carbocycles. The van der Waals surface area contributed by atoms with Gasteiger partial charge in [-0.1, -0.05) is 17.9 Å². The second-order valence-corrected chi connectivity index (χ2v) is 4.73. The van der Waals surface area contributed by atoms with Crippen molar-refractivity contribution in [2.24, 2.45) is 17.4 Å². The monoisotopic (exact) mass is 271 g/mol. The number of carbonyl (C=O) groups excluding carboxylic acids is 2. The van der Waals surface area contributed by atoms with Gasteiger partial charge < -0.3 is 16.4 Å². The zero-order valence-electron chi connectivity index (χ0n) is 11.1. The van der Waals surface area contributed by atoms with E-state index in [0.29, 0.717) is 25.1 Å². The molecule has 1 fully saturated rings. The molecule has 5 nitrogen and oxygen atoms in total. The number of primary amides is 1. The second kappa shape index (κ2) is 6.22. The summed E-state index contributed by atoms with van der Waals surface area (Å²) in [7, 11) is 0. The average molecular weight is 271 g/mol. The first kappa shape index (κ1) is 14.1. The lowest BCUT2D eigenvalue weighted by Gasteiger charge is -2.16. The first-order valence-electron chi connectivity index (χ1n) is 6.49. The van der Waals surface area contributed by atoms with E-state index in [0.717, 1.165) is 5.56 Å². The van der Waals surface area contributed by atoms with E-state index >= 15 is 0 Å². The minimum atomic E-state index is -0.345. The molecular weight excluding hydrogens is 254 g/mol. The van der Waals surface area contributed by atoms with Gasteiger partial charge in [0, 0.05) is 24.2 Å². The molecule has 1 saturated heterocycles. The molecule has 0 bridgehead atoms. The van der Waals surface area contributed by atoms with Crippen LogP contribution in [0.2, 0.25) is 0 Å². The van der Waals surface area contributed by atoms with Gasteiger partial charge in [0.05, 0.1) is 12.5 Å². The summed E-state index contributed by atoms with van der Waals surface area (Å²) in [5.74, 6) is 4.98. The SMILES string of the molecule is NCC#Cc1cccc(C(=O)N2CCC(C(N)=O)C2)c1. The minimum absolute atomic E-state index is 0.0925. The molecule has 1 heterocycles. The summed E-state index contributed by atoms with van der Waals surface area (Å²) < 4.78 is 0. The Morgan fingerprint density at radius 2 is 2.20 bits per heavy atom. The molecule has 0 radical (unpaired) electrons. The van der Waals surface area contributed by atoms with Crippen molar-refractivity contribution >= 4 is 11.8 Å². The van der Waals surface area contributed by atoms with Crippen molar-refractivity contribution < 1.29 is 9.59 Å². The van der Waals surface area contributed by atoms with E-state index in [1.165, 1.54) is 0 Å². The molecule has 4 N–H and O–H groups in total. The third kappa shape index (κ3) is 3.16. The van der Waals surface area contributed by atoms with Crippen LogP contribution in [-0.4, -0.2) is 36.3 Å². The number of nitrogens with two attached hydrogens (primary N) is 2. The number of benzene rings is 1. The maximum Gasteiger partial charge on any atom is 0.253 e. The van der Waals surface area contributed by atoms with Crippen molar-refractivity contribution in [1.29, 1.82) is 0 Å². The number of amides is 2. The van der Waals surface area contributed by atoms with Crippen LogP contribution in [0, 0.1) is 17.8 Å². The van der Waals surface area contributed by atoms with E-state index in [9.17, 15) is 9.59 Å². The molecule has 1 aromatic rings. The molecule has 104 valence electrons. The number of likely N-dealkylation sites (tertiary alicyclic amines) is 1. The average Bonchev–Trinajstić information content (AvgIpc) is 2.94. The predicted octanol–water partition coefficient (Wildman–Crippen LogP) is -0.0558. The van der Waals surface area contributed by atoms with E-state index in [2.05, 4.69) is 11.8 Å². The van der Waals surface area contributed by atoms with E-state index in [4.69, 9.17) is 11.5 Å². The van der Waals surface area contributed by atoms with E-state index in [-0.39, 0.29) is 24.3 Å². The number of rotatable bonds is 2. The van der Waals surface area contributed by atoms with Crippen molar-refractivity contribution in [2.75, 3.05) is 19.6 Å². The second-order valence-electron chi connectivity index (χ2n) is 4.73. The van der Waals surface area contributed by atoms with Gasteiger partial charge in [-0.05, 0) is 24.6 Å². The quantitative estimate of drug-likeness (QED) is 0.739. The maximum atomic E-state index is 12.3. The van der Waals surface area contributed by atoms with Gasteiger partial charge in [0.25, 0.3) is 5.91 Å². The van der Waals surface area contributed by atoms with Gasteiger partial charge in [-0.3, -0.25) is 9.59 Å². The van der Waals surface area contributed by atoms with Crippen LogP contribution in [0.5, 0.6) is 0 Å². The van der Waals surface area contributed by atoms with Crippen LogP contribution in [0.25, 0.3) is 0 Å². The van der Waals surface area contributed by atoms with Crippen LogP contribution >= 0.6 is 0 Å². The van der Waals surface area contributed by atoms with Gasteiger partial charge in [-0.25, -0.2) is 0 Å². The van der Waals surface area contributed by atoms with E-state index in [1.54, 1.807) is 23.1 Å². The molecule has 1 aliphatic heterocycles. The first-order valence-corrected chi connectivity index (χ1v) is 6.49. The highest BCUT2D eigenvalue weighted by Gasteiger charge is 2.30. The summed E-state index contributed by atoms with van der Waals surface area (Å²) in [5.41, 5.74) is 11.9. The molecule has 1 unspecified atom stereocenters. The van der Waals surface area contributed by atoms with E-state index in [1.807, 2.05) is 6.07 Å². The number of hydrogen-bond donors (Lipinski definition) is 2. The zero-order valence-corrected chi connectivity index (χ0v) is 11.1. The Bertz CT molecular complexity index is 586. The normalized spacial score (nSPS) is 17.4. The molecule has 2 amide bonds. The van der Waals surface area contributed by atoms with Gasteiger partial charge in [0.15, 0.2) is 0 Å². The van der Waals surface area contributed by atoms with Crippen molar-refractivity contribution in [3.05, 3.63) is 35.4 Å². The summed E-state index contributed by atoms with van der Waals surface area (Å²) in [6, 6.07) is 7.10. The van der Waals surface area contributed by atoms with Crippen LogP contribution in [0.1, 0.15) is 22.3 Å². The summed E-state index contributed by atoms with van der Waals surface area (Å²) >= 11 is 0. The molecule has 0 spiro atoms. The summed E-state index contributed by atoms with van der Waals surface area (Å²) in [6.45, 7) is 1.24. The lowest BCUT2D eigenvalue weighted by Crippen LogP contribution is -2.31. The Morgan fingerprint density at radius 1 is 1.40 bits per heavy atom. The number of nitrogens with zero attached hydrogens (tertiary/aromatic N) is 1. The molecule has 0 aliphatic carbocycles. The molecule has 2 rings (SSSR count). The third-order valence-corrected chi connectivity index (χ3v) is 3.32. The fourth-order valence-corrected chi connectivity index (χ4v) is 2.24. The third-order valence-electron chi connectivity index (χ3n) is 3.32. The summed E-state index contributed by atoms with van der Waals surface area (Å²) in [5, 5.41) is 0. The molecule has 0 aromatic heterocycles. The van der Waals surface area contributed by atoms with Gasteiger partial charge in [-0.15, -0.1) is 0 Å². The fraction of sp³-hybridized carbons (Fsp3) is 0.333. The van der Waals surface area contributed by atoms with Crippen LogP contribution in [0.4, 0.5) is 0 Å². The van der Waals surface area contributed by atoms with Crippen LogP contribution in [0.15, 0.2) is 24.3 Å². The Hall–Kier alpha value is -2.32. The zero-order chi connectivity index (χ0) is 14.5. The summed E-state index contributed by atoms with van der Waals surface area (Å²) in [4.78, 5) is 25.1. The van der Waals surface area contributed by atoms with Crippen LogP contribution in [-0.2, 0) is 4.79 Å². The van der Waals surface area contributed by atoms with Gasteiger partial charge >= 0.3 is 0 Å². The van der Waals surface area contributed by atoms with Crippen molar-refractivity contribution in [3.63, 3.8) is 0 Å². The van der Waals surface area contributed by atoms with Crippen molar-refractivity contribution in [3.8, 4) is 11.8 Å². The highest BCUT2D eigenvalue weighted by atomic mass is 16.2. The molecule has 1 aromatic carbocycles. The lowest BCUT2D eigenvalue weighted by atomic mass is 10.1. The first-order chi connectivity index (χ1) is 9.61. The van der Waals surface area contributed by atoms with Crippen molar-refractivity contribution in [2.45, 2.75) is 6.42 Å². The molecule has 20 heavy (non-hydrogen) atoms. The Labute approximate surface area is 117 Å². The lowest BCUT2D eigenvalue weighted by molar-refractivity contribution is -0.121. The molecule has 1 aliphatic rings. The Morgan fingerprint density at radius 3 is 2.85 bits per heavy atom. The molecular formula is C15H17N3O2. The van der Waals surface area contributed by atoms with Crippen molar-refractivity contribution in [1.82, 2.24) is 4.90 Å². The van der Waals surface area contributed by atoms with Crippen LogP contribution in [0.3, 0.4) is 0 Å². The fourth-order valence-electron chi connectivity index (χ4n) is 2.24. The summed E-state index contributed by atoms with van der Waals surface area (Å²) in [6.07, 6.45) is 0.633. The van der Waals surface area contributed by atoms with Gasteiger partial charge in [-0.2, -0.15) is 0 Å². The topological polar surface area (TPSA) is 89.4 Å². The van der Waals surface area contributed by atoms with Gasteiger partial charge in [0.2, 0.25) is 5.91 Å². The minimum Gasteiger partial charge on any atom is -0.369 e. The van der Waals surface area contributed by atoms with Gasteiger partial charge in [0.1, 0.15) is 0 Å². The highest BCUT2D eigenvalue weighted by Crippen LogP contribution is 2.18.